The summed E-state index contributed by atoms with van der Waals surface area (Å²) in [7, 11) is 0. The summed E-state index contributed by atoms with van der Waals surface area (Å²) >= 11 is 1.98. The molecule has 4 heteroatoms. The molecule has 1 fully saturated rings. The monoisotopic (exact) mass is 295 g/mol. The van der Waals surface area contributed by atoms with E-state index in [2.05, 4.69) is 11.6 Å². The maximum atomic E-state index is 9.71. The van der Waals surface area contributed by atoms with Crippen molar-refractivity contribution in [3.63, 3.8) is 0 Å². The molecule has 0 spiro atoms. The van der Waals surface area contributed by atoms with E-state index in [-0.39, 0.29) is 5.75 Å². The highest BCUT2D eigenvalue weighted by molar-refractivity contribution is 7.99. The van der Waals surface area contributed by atoms with Gasteiger partial charge in [0.1, 0.15) is 0 Å². The molecule has 112 valence electrons. The molecule has 1 aromatic carbocycles. The molecular weight excluding hydrogens is 270 g/mol. The molecule has 0 saturated heterocycles. The van der Waals surface area contributed by atoms with Crippen LogP contribution < -0.4 is 10.1 Å². The number of phenols is 1. The molecule has 2 unspecified atom stereocenters. The molecule has 2 N–H and O–H groups in total. The van der Waals surface area contributed by atoms with Crippen LogP contribution in [-0.4, -0.2) is 29.3 Å². The van der Waals surface area contributed by atoms with Gasteiger partial charge in [-0.1, -0.05) is 18.9 Å². The topological polar surface area (TPSA) is 41.5 Å². The number of hydrogen-bond acceptors (Lipinski definition) is 4. The molecule has 2 atom stereocenters. The lowest BCUT2D eigenvalue weighted by Gasteiger charge is -2.31. The highest BCUT2D eigenvalue weighted by Gasteiger charge is 2.23. The number of phenolic OH excluding ortho intramolecular Hbond substituents is 1. The quantitative estimate of drug-likeness (QED) is 0.842. The van der Waals surface area contributed by atoms with Crippen LogP contribution in [0.1, 0.15) is 38.2 Å². The summed E-state index contributed by atoms with van der Waals surface area (Å²) in [5.74, 6) is 0.798. The molecule has 0 heterocycles. The first-order chi connectivity index (χ1) is 9.74. The Bertz CT molecular complexity index is 425. The van der Waals surface area contributed by atoms with Crippen molar-refractivity contribution in [2.75, 3.05) is 12.9 Å². The average Bonchev–Trinajstić information content (AvgIpc) is 2.48. The van der Waals surface area contributed by atoms with Crippen molar-refractivity contribution in [1.82, 2.24) is 5.32 Å². The summed E-state index contributed by atoms with van der Waals surface area (Å²) in [4.78, 5) is 0. The van der Waals surface area contributed by atoms with Gasteiger partial charge in [-0.2, -0.15) is 11.8 Å². The third-order valence-electron chi connectivity index (χ3n) is 3.90. The molecule has 1 aliphatic rings. The van der Waals surface area contributed by atoms with Crippen LogP contribution in [0.25, 0.3) is 0 Å². The van der Waals surface area contributed by atoms with Crippen LogP contribution in [0, 0.1) is 0 Å². The van der Waals surface area contributed by atoms with E-state index >= 15 is 0 Å². The third kappa shape index (κ3) is 4.06. The lowest BCUT2D eigenvalue weighted by atomic mass is 9.94. The van der Waals surface area contributed by atoms with Gasteiger partial charge in [0.15, 0.2) is 11.5 Å². The first kappa shape index (κ1) is 15.5. The van der Waals surface area contributed by atoms with Gasteiger partial charge >= 0.3 is 0 Å². The Morgan fingerprint density at radius 1 is 1.35 bits per heavy atom. The van der Waals surface area contributed by atoms with Crippen LogP contribution in [0.4, 0.5) is 0 Å². The largest absolute Gasteiger partial charge is 0.504 e. The fraction of sp³-hybridized carbons (Fsp3) is 0.625. The van der Waals surface area contributed by atoms with Gasteiger partial charge in [-0.3, -0.25) is 0 Å². The number of benzene rings is 1. The molecule has 2 rings (SSSR count). The van der Waals surface area contributed by atoms with Crippen molar-refractivity contribution in [3.8, 4) is 11.5 Å². The van der Waals surface area contributed by atoms with E-state index in [0.29, 0.717) is 18.4 Å². The lowest BCUT2D eigenvalue weighted by molar-refractivity contribution is 0.317. The molecule has 0 aliphatic heterocycles. The molecule has 0 amide bonds. The minimum atomic E-state index is 0.218. The second-order valence-corrected chi connectivity index (χ2v) is 6.36. The molecule has 1 aromatic rings. The van der Waals surface area contributed by atoms with Crippen LogP contribution in [0.5, 0.6) is 11.5 Å². The fourth-order valence-electron chi connectivity index (χ4n) is 2.80. The Balaban J connectivity index is 1.94. The van der Waals surface area contributed by atoms with Crippen molar-refractivity contribution in [1.29, 1.82) is 0 Å². The number of rotatable bonds is 6. The molecule has 3 nitrogen and oxygen atoms in total. The van der Waals surface area contributed by atoms with Gasteiger partial charge in [-0.15, -0.1) is 0 Å². The van der Waals surface area contributed by atoms with Crippen LogP contribution in [0.2, 0.25) is 0 Å². The standard InChI is InChI=1S/C16H25NO2S/c1-3-19-15-10-12(8-9-14(15)18)11-17-13-6-4-5-7-16(13)20-2/h8-10,13,16-18H,3-7,11H2,1-2H3. The number of thioether (sulfide) groups is 1. The smallest absolute Gasteiger partial charge is 0.161 e. The zero-order valence-electron chi connectivity index (χ0n) is 12.4. The summed E-state index contributed by atoms with van der Waals surface area (Å²) in [6.45, 7) is 3.33. The molecular formula is C16H25NO2S. The Labute approximate surface area is 126 Å². The summed E-state index contributed by atoms with van der Waals surface area (Å²) < 4.78 is 5.43. The minimum absolute atomic E-state index is 0.218. The van der Waals surface area contributed by atoms with Crippen molar-refractivity contribution in [2.24, 2.45) is 0 Å². The van der Waals surface area contributed by atoms with Crippen LogP contribution in [0.15, 0.2) is 18.2 Å². The van der Waals surface area contributed by atoms with Crippen molar-refractivity contribution in [3.05, 3.63) is 23.8 Å². The van der Waals surface area contributed by atoms with Crippen molar-refractivity contribution < 1.29 is 9.84 Å². The van der Waals surface area contributed by atoms with E-state index in [1.807, 2.05) is 30.8 Å². The summed E-state index contributed by atoms with van der Waals surface area (Å²) in [6, 6.07) is 6.21. The number of nitrogens with one attached hydrogen (secondary N) is 1. The minimum Gasteiger partial charge on any atom is -0.504 e. The van der Waals surface area contributed by atoms with Gasteiger partial charge in [0.05, 0.1) is 6.61 Å². The maximum Gasteiger partial charge on any atom is 0.161 e. The first-order valence-electron chi connectivity index (χ1n) is 7.45. The van der Waals surface area contributed by atoms with Gasteiger partial charge in [0.25, 0.3) is 0 Å². The fourth-order valence-corrected chi connectivity index (χ4v) is 3.76. The summed E-state index contributed by atoms with van der Waals surface area (Å²) in [6.07, 6.45) is 7.48. The number of aromatic hydroxyl groups is 1. The van der Waals surface area contributed by atoms with Gasteiger partial charge in [-0.25, -0.2) is 0 Å². The Morgan fingerprint density at radius 2 is 2.15 bits per heavy atom. The Kier molecular flexibility index (Phi) is 6.05. The summed E-state index contributed by atoms with van der Waals surface area (Å²) in [5.41, 5.74) is 1.16. The second-order valence-electron chi connectivity index (χ2n) is 5.28. The average molecular weight is 295 g/mol. The molecule has 0 aromatic heterocycles. The van der Waals surface area contributed by atoms with E-state index in [9.17, 15) is 5.11 Å². The van der Waals surface area contributed by atoms with E-state index in [1.54, 1.807) is 6.07 Å². The molecule has 1 saturated carbocycles. The lowest BCUT2D eigenvalue weighted by Crippen LogP contribution is -2.39. The predicted octanol–water partition coefficient (Wildman–Crippen LogP) is 3.55. The molecule has 0 radical (unpaired) electrons. The zero-order chi connectivity index (χ0) is 14.4. The van der Waals surface area contributed by atoms with Gasteiger partial charge in [0.2, 0.25) is 0 Å². The van der Waals surface area contributed by atoms with Crippen molar-refractivity contribution >= 4 is 11.8 Å². The highest BCUT2D eigenvalue weighted by atomic mass is 32.2. The predicted molar refractivity (Wildman–Crippen MR) is 85.7 cm³/mol. The molecule has 0 bridgehead atoms. The van der Waals surface area contributed by atoms with Gasteiger partial charge in [-0.05, 0) is 43.7 Å². The third-order valence-corrected chi connectivity index (χ3v) is 5.07. The van der Waals surface area contributed by atoms with Crippen LogP contribution >= 0.6 is 11.8 Å². The van der Waals surface area contributed by atoms with Crippen LogP contribution in [-0.2, 0) is 6.54 Å². The number of ether oxygens (including phenoxy) is 1. The Hall–Kier alpha value is -0.870. The second kappa shape index (κ2) is 7.79. The van der Waals surface area contributed by atoms with Crippen LogP contribution in [0.3, 0.4) is 0 Å². The van der Waals surface area contributed by atoms with E-state index in [1.165, 1.54) is 25.7 Å². The zero-order valence-corrected chi connectivity index (χ0v) is 13.2. The molecule has 20 heavy (non-hydrogen) atoms. The highest BCUT2D eigenvalue weighted by Crippen LogP contribution is 2.29. The Morgan fingerprint density at radius 3 is 2.90 bits per heavy atom. The van der Waals surface area contributed by atoms with Gasteiger partial charge < -0.3 is 15.2 Å². The van der Waals surface area contributed by atoms with E-state index in [4.69, 9.17) is 4.74 Å². The number of hydrogen-bond donors (Lipinski definition) is 2. The SMILES string of the molecule is CCOc1cc(CNC2CCCCC2SC)ccc1O. The first-order valence-corrected chi connectivity index (χ1v) is 8.74. The molecule has 1 aliphatic carbocycles. The maximum absolute atomic E-state index is 9.71. The van der Waals surface area contributed by atoms with E-state index in [0.717, 1.165) is 17.4 Å². The summed E-state index contributed by atoms with van der Waals surface area (Å²) in [5, 5.41) is 14.1. The van der Waals surface area contributed by atoms with Gasteiger partial charge in [0, 0.05) is 17.8 Å². The van der Waals surface area contributed by atoms with E-state index < -0.39 is 0 Å². The normalized spacial score (nSPS) is 22.7. The van der Waals surface area contributed by atoms with Crippen molar-refractivity contribution in [2.45, 2.75) is 50.4 Å².